The molecule has 1 saturated heterocycles. The Kier molecular flexibility index (Phi) is 4.55. The van der Waals surface area contributed by atoms with E-state index in [2.05, 4.69) is 17.0 Å². The molecule has 1 heterocycles. The van der Waals surface area contributed by atoms with Crippen molar-refractivity contribution in [2.24, 2.45) is 0 Å². The second kappa shape index (κ2) is 6.59. The van der Waals surface area contributed by atoms with Gasteiger partial charge in [0.05, 0.1) is 7.11 Å². The number of hydrogen-bond donors (Lipinski definition) is 1. The second-order valence-electron chi connectivity index (χ2n) is 5.69. The van der Waals surface area contributed by atoms with Crippen LogP contribution < -0.4 is 4.74 Å². The molecule has 4 heteroatoms. The second-order valence-corrected chi connectivity index (χ2v) is 6.12. The summed E-state index contributed by atoms with van der Waals surface area (Å²) in [7, 11) is 1.57. The van der Waals surface area contributed by atoms with Crippen LogP contribution >= 0.6 is 11.6 Å². The summed E-state index contributed by atoms with van der Waals surface area (Å²) in [5.41, 5.74) is 2.46. The van der Waals surface area contributed by atoms with Crippen LogP contribution in [0.4, 0.5) is 0 Å². The molecule has 2 aromatic carbocycles. The van der Waals surface area contributed by atoms with Gasteiger partial charge in [0, 0.05) is 17.6 Å². The molecule has 0 spiro atoms. The Hall–Kier alpha value is -1.71. The Morgan fingerprint density at radius 2 is 2.00 bits per heavy atom. The molecule has 1 N–H and O–H groups in total. The molecule has 22 heavy (non-hydrogen) atoms. The van der Waals surface area contributed by atoms with Crippen molar-refractivity contribution in [3.63, 3.8) is 0 Å². The first-order valence-corrected chi connectivity index (χ1v) is 7.90. The highest BCUT2D eigenvalue weighted by atomic mass is 35.5. The van der Waals surface area contributed by atoms with Gasteiger partial charge in [0.25, 0.3) is 0 Å². The minimum Gasteiger partial charge on any atom is -0.504 e. The molecule has 0 saturated carbocycles. The zero-order chi connectivity index (χ0) is 15.5. The molecule has 0 amide bonds. The van der Waals surface area contributed by atoms with E-state index < -0.39 is 0 Å². The van der Waals surface area contributed by atoms with Crippen molar-refractivity contribution in [3.8, 4) is 11.5 Å². The van der Waals surface area contributed by atoms with Crippen LogP contribution in [0.3, 0.4) is 0 Å². The van der Waals surface area contributed by atoms with Crippen molar-refractivity contribution in [1.29, 1.82) is 0 Å². The summed E-state index contributed by atoms with van der Waals surface area (Å²) in [6.45, 7) is 1.93. The Morgan fingerprint density at radius 1 is 1.23 bits per heavy atom. The smallest absolute Gasteiger partial charge is 0.160 e. The molecule has 116 valence electrons. The summed E-state index contributed by atoms with van der Waals surface area (Å²) in [6.07, 6.45) is 2.36. The van der Waals surface area contributed by atoms with E-state index in [9.17, 15) is 5.11 Å². The van der Waals surface area contributed by atoms with Gasteiger partial charge in [-0.15, -0.1) is 0 Å². The van der Waals surface area contributed by atoms with Crippen LogP contribution in [-0.4, -0.2) is 23.7 Å². The molecule has 1 fully saturated rings. The predicted molar refractivity (Wildman–Crippen MR) is 88.5 cm³/mol. The van der Waals surface area contributed by atoms with Gasteiger partial charge in [-0.05, 0) is 54.8 Å². The average molecular weight is 318 g/mol. The lowest BCUT2D eigenvalue weighted by atomic mass is 10.0. The number of hydrogen-bond acceptors (Lipinski definition) is 3. The Morgan fingerprint density at radius 3 is 2.73 bits per heavy atom. The van der Waals surface area contributed by atoms with E-state index in [0.29, 0.717) is 11.8 Å². The summed E-state index contributed by atoms with van der Waals surface area (Å²) in [4.78, 5) is 2.47. The normalized spacial score (nSPS) is 18.5. The van der Waals surface area contributed by atoms with Gasteiger partial charge in [0.1, 0.15) is 0 Å². The van der Waals surface area contributed by atoms with E-state index >= 15 is 0 Å². The summed E-state index contributed by atoms with van der Waals surface area (Å²) < 4.78 is 5.19. The van der Waals surface area contributed by atoms with Gasteiger partial charge in [-0.25, -0.2) is 0 Å². The Labute approximate surface area is 136 Å². The predicted octanol–water partition coefficient (Wildman–Crippen LogP) is 4.39. The van der Waals surface area contributed by atoms with E-state index in [4.69, 9.17) is 16.3 Å². The number of halogens is 1. The lowest BCUT2D eigenvalue weighted by molar-refractivity contribution is 0.248. The molecular weight excluding hydrogens is 298 g/mol. The molecule has 0 radical (unpaired) electrons. The molecule has 2 aromatic rings. The van der Waals surface area contributed by atoms with Crippen LogP contribution in [0.1, 0.15) is 30.0 Å². The van der Waals surface area contributed by atoms with Crippen molar-refractivity contribution < 1.29 is 9.84 Å². The van der Waals surface area contributed by atoms with E-state index in [1.54, 1.807) is 13.2 Å². The van der Waals surface area contributed by atoms with Crippen LogP contribution in [0, 0.1) is 0 Å². The number of rotatable bonds is 4. The van der Waals surface area contributed by atoms with Gasteiger partial charge in [-0.1, -0.05) is 29.8 Å². The minimum atomic E-state index is 0.182. The van der Waals surface area contributed by atoms with E-state index in [1.165, 1.54) is 12.0 Å². The standard InChI is InChI=1S/C18H20ClNO2/c1-22-18-11-13(4-9-17(18)21)12-20-10-2-3-16(20)14-5-7-15(19)8-6-14/h4-9,11,16,21H,2-3,10,12H2,1H3/t16-/m0/s1. The Bertz CT molecular complexity index is 642. The molecule has 0 unspecified atom stereocenters. The molecule has 3 nitrogen and oxygen atoms in total. The lowest BCUT2D eigenvalue weighted by Crippen LogP contribution is -2.22. The number of ether oxygens (including phenoxy) is 1. The van der Waals surface area contributed by atoms with E-state index in [1.807, 2.05) is 24.3 Å². The van der Waals surface area contributed by atoms with Crippen molar-refractivity contribution in [2.75, 3.05) is 13.7 Å². The maximum atomic E-state index is 9.70. The van der Waals surface area contributed by atoms with Crippen molar-refractivity contribution in [1.82, 2.24) is 4.90 Å². The maximum absolute atomic E-state index is 9.70. The Balaban J connectivity index is 1.77. The highest BCUT2D eigenvalue weighted by Gasteiger charge is 2.26. The van der Waals surface area contributed by atoms with Crippen LogP contribution in [0.15, 0.2) is 42.5 Å². The van der Waals surface area contributed by atoms with Crippen molar-refractivity contribution in [2.45, 2.75) is 25.4 Å². The molecule has 1 atom stereocenters. The third-order valence-corrected chi connectivity index (χ3v) is 4.50. The third-order valence-electron chi connectivity index (χ3n) is 4.25. The molecule has 3 rings (SSSR count). The summed E-state index contributed by atoms with van der Waals surface area (Å²) in [6, 6.07) is 14.1. The first-order valence-electron chi connectivity index (χ1n) is 7.53. The van der Waals surface area contributed by atoms with Crippen LogP contribution in [0.5, 0.6) is 11.5 Å². The highest BCUT2D eigenvalue weighted by Crippen LogP contribution is 2.35. The van der Waals surface area contributed by atoms with Crippen molar-refractivity contribution >= 4 is 11.6 Å². The summed E-state index contributed by atoms with van der Waals surface area (Å²) >= 11 is 5.98. The van der Waals surface area contributed by atoms with Gasteiger partial charge in [0.15, 0.2) is 11.5 Å². The van der Waals surface area contributed by atoms with Crippen LogP contribution in [-0.2, 0) is 6.54 Å². The van der Waals surface area contributed by atoms with Gasteiger partial charge in [0.2, 0.25) is 0 Å². The number of nitrogens with zero attached hydrogens (tertiary/aromatic N) is 1. The first kappa shape index (κ1) is 15.2. The monoisotopic (exact) mass is 317 g/mol. The fraction of sp³-hybridized carbons (Fsp3) is 0.333. The zero-order valence-corrected chi connectivity index (χ0v) is 13.4. The largest absolute Gasteiger partial charge is 0.504 e. The number of benzene rings is 2. The quantitative estimate of drug-likeness (QED) is 0.907. The number of likely N-dealkylation sites (tertiary alicyclic amines) is 1. The lowest BCUT2D eigenvalue weighted by Gasteiger charge is -2.25. The maximum Gasteiger partial charge on any atom is 0.160 e. The van der Waals surface area contributed by atoms with Gasteiger partial charge >= 0.3 is 0 Å². The topological polar surface area (TPSA) is 32.7 Å². The van der Waals surface area contributed by atoms with Gasteiger partial charge < -0.3 is 9.84 Å². The molecular formula is C18H20ClNO2. The fourth-order valence-electron chi connectivity index (χ4n) is 3.13. The van der Waals surface area contributed by atoms with E-state index in [0.717, 1.165) is 30.1 Å². The SMILES string of the molecule is COc1cc(CN2CCC[C@H]2c2ccc(Cl)cc2)ccc1O. The molecule has 0 aromatic heterocycles. The first-order chi connectivity index (χ1) is 10.7. The summed E-state index contributed by atoms with van der Waals surface area (Å²) in [5, 5.41) is 10.5. The van der Waals surface area contributed by atoms with Gasteiger partial charge in [-0.3, -0.25) is 4.90 Å². The number of phenols is 1. The minimum absolute atomic E-state index is 0.182. The third kappa shape index (κ3) is 3.21. The van der Waals surface area contributed by atoms with Crippen LogP contribution in [0.2, 0.25) is 5.02 Å². The number of phenolic OH excluding ortho intramolecular Hbond substituents is 1. The number of aromatic hydroxyl groups is 1. The van der Waals surface area contributed by atoms with Crippen LogP contribution in [0.25, 0.3) is 0 Å². The fourth-order valence-corrected chi connectivity index (χ4v) is 3.26. The summed E-state index contributed by atoms with van der Waals surface area (Å²) in [5.74, 6) is 0.710. The molecule has 1 aliphatic heterocycles. The molecule has 0 aliphatic carbocycles. The highest BCUT2D eigenvalue weighted by molar-refractivity contribution is 6.30. The zero-order valence-electron chi connectivity index (χ0n) is 12.6. The number of methoxy groups -OCH3 is 1. The van der Waals surface area contributed by atoms with Gasteiger partial charge in [-0.2, -0.15) is 0 Å². The average Bonchev–Trinajstić information content (AvgIpc) is 2.98. The molecule has 0 bridgehead atoms. The van der Waals surface area contributed by atoms with Crippen molar-refractivity contribution in [3.05, 3.63) is 58.6 Å². The molecule has 1 aliphatic rings. The van der Waals surface area contributed by atoms with E-state index in [-0.39, 0.29) is 5.75 Å².